The molecule has 8 heteroatoms. The van der Waals surface area contributed by atoms with E-state index in [1.807, 2.05) is 25.1 Å². The molecule has 0 radical (unpaired) electrons. The van der Waals surface area contributed by atoms with E-state index in [1.165, 1.54) is 11.3 Å². The number of thioether (sulfide) groups is 1. The smallest absolute Gasteiger partial charge is 0.414 e. The second-order valence-corrected chi connectivity index (χ2v) is 9.24. The van der Waals surface area contributed by atoms with Crippen molar-refractivity contribution < 1.29 is 19.1 Å². The highest BCUT2D eigenvalue weighted by molar-refractivity contribution is 7.99. The largest absolute Gasteiger partial charge is 0.450 e. The predicted octanol–water partition coefficient (Wildman–Crippen LogP) is 5.27. The first-order valence-electron chi connectivity index (χ1n) is 10.2. The molecular weight excluding hydrogens is 420 g/mol. The van der Waals surface area contributed by atoms with Crippen LogP contribution in [0.4, 0.5) is 9.80 Å². The molecule has 3 rings (SSSR count). The number of amides is 3. The number of benzene rings is 1. The van der Waals surface area contributed by atoms with Gasteiger partial charge in [-0.25, -0.2) is 4.79 Å². The molecule has 0 atom stereocenters. The fourth-order valence-electron chi connectivity index (χ4n) is 3.50. The Bertz CT molecular complexity index is 939. The molecule has 2 N–H and O–H groups in total. The van der Waals surface area contributed by atoms with Gasteiger partial charge in [0.25, 0.3) is 11.8 Å². The molecule has 0 bridgehead atoms. The van der Waals surface area contributed by atoms with Crippen LogP contribution in [-0.2, 0) is 17.6 Å². The van der Waals surface area contributed by atoms with Crippen LogP contribution in [0.5, 0.6) is 0 Å². The molecule has 2 aromatic rings. The minimum Gasteiger partial charge on any atom is -0.450 e. The van der Waals surface area contributed by atoms with Gasteiger partial charge in [-0.1, -0.05) is 25.5 Å². The van der Waals surface area contributed by atoms with Crippen LogP contribution < -0.4 is 10.6 Å². The lowest BCUT2D eigenvalue weighted by Crippen LogP contribution is -2.32. The van der Waals surface area contributed by atoms with Crippen molar-refractivity contribution in [3.8, 4) is 0 Å². The molecule has 1 aliphatic rings. The molecule has 3 amide bonds. The fourth-order valence-corrected chi connectivity index (χ4v) is 5.58. The molecule has 0 aliphatic heterocycles. The van der Waals surface area contributed by atoms with Gasteiger partial charge >= 0.3 is 6.09 Å². The number of hydrogen-bond acceptors (Lipinski definition) is 6. The number of carbonyl (C=O) groups is 3. The van der Waals surface area contributed by atoms with E-state index in [1.54, 1.807) is 24.8 Å². The van der Waals surface area contributed by atoms with Crippen LogP contribution in [0.2, 0.25) is 0 Å². The second kappa shape index (κ2) is 10.6. The van der Waals surface area contributed by atoms with Crippen molar-refractivity contribution in [1.29, 1.82) is 0 Å². The first-order chi connectivity index (χ1) is 14.5. The van der Waals surface area contributed by atoms with Crippen molar-refractivity contribution in [3.63, 3.8) is 0 Å². The fraction of sp³-hybridized carbons (Fsp3) is 0.409. The van der Waals surface area contributed by atoms with Crippen LogP contribution in [0.1, 0.15) is 64.3 Å². The predicted molar refractivity (Wildman–Crippen MR) is 121 cm³/mol. The van der Waals surface area contributed by atoms with Crippen LogP contribution in [0, 0.1) is 0 Å². The summed E-state index contributed by atoms with van der Waals surface area (Å²) in [5, 5.41) is 5.72. The van der Waals surface area contributed by atoms with Gasteiger partial charge in [-0.3, -0.25) is 14.9 Å². The molecule has 1 aromatic carbocycles. The first kappa shape index (κ1) is 22.4. The molecular formula is C22H26N2O4S2. The highest BCUT2D eigenvalue weighted by Crippen LogP contribution is 2.38. The number of aryl methyl sites for hydroxylation is 1. The van der Waals surface area contributed by atoms with Crippen molar-refractivity contribution in [2.75, 3.05) is 17.7 Å². The number of nitrogens with one attached hydrogen (secondary N) is 2. The molecule has 30 heavy (non-hydrogen) atoms. The van der Waals surface area contributed by atoms with Crippen molar-refractivity contribution in [2.24, 2.45) is 0 Å². The Morgan fingerprint density at radius 3 is 2.60 bits per heavy atom. The van der Waals surface area contributed by atoms with Gasteiger partial charge in [0.2, 0.25) is 0 Å². The summed E-state index contributed by atoms with van der Waals surface area (Å²) in [5.41, 5.74) is 1.90. The minimum atomic E-state index is -0.780. The Kier molecular flexibility index (Phi) is 7.93. The Morgan fingerprint density at radius 2 is 1.83 bits per heavy atom. The van der Waals surface area contributed by atoms with Gasteiger partial charge in [0.1, 0.15) is 5.00 Å². The summed E-state index contributed by atoms with van der Waals surface area (Å²) in [6, 6.07) is 7.43. The summed E-state index contributed by atoms with van der Waals surface area (Å²) < 4.78 is 4.85. The number of carbonyl (C=O) groups excluding carboxylic acids is 3. The topological polar surface area (TPSA) is 84.5 Å². The Morgan fingerprint density at radius 1 is 1.07 bits per heavy atom. The summed E-state index contributed by atoms with van der Waals surface area (Å²) in [6.45, 7) is 3.89. The molecule has 0 fully saturated rings. The zero-order valence-corrected chi connectivity index (χ0v) is 18.8. The lowest BCUT2D eigenvalue weighted by Gasteiger charge is -2.11. The minimum absolute atomic E-state index is 0.177. The zero-order chi connectivity index (χ0) is 21.5. The van der Waals surface area contributed by atoms with Gasteiger partial charge in [-0.2, -0.15) is 0 Å². The summed E-state index contributed by atoms with van der Waals surface area (Å²) in [5.74, 6) is 0.0673. The van der Waals surface area contributed by atoms with Gasteiger partial charge in [0.05, 0.1) is 17.7 Å². The number of rotatable bonds is 6. The van der Waals surface area contributed by atoms with Crippen LogP contribution in [0.15, 0.2) is 29.2 Å². The molecule has 0 spiro atoms. The van der Waals surface area contributed by atoms with Crippen molar-refractivity contribution in [2.45, 2.75) is 50.8 Å². The quantitative estimate of drug-likeness (QED) is 0.467. The highest BCUT2D eigenvalue weighted by atomic mass is 32.2. The van der Waals surface area contributed by atoms with E-state index in [0.717, 1.165) is 53.2 Å². The zero-order valence-electron chi connectivity index (χ0n) is 17.2. The van der Waals surface area contributed by atoms with Gasteiger partial charge in [0, 0.05) is 9.77 Å². The van der Waals surface area contributed by atoms with Crippen LogP contribution in [-0.4, -0.2) is 30.3 Å². The second-order valence-electron chi connectivity index (χ2n) is 6.83. The third kappa shape index (κ3) is 5.23. The summed E-state index contributed by atoms with van der Waals surface area (Å²) >= 11 is 3.03. The van der Waals surface area contributed by atoms with E-state index >= 15 is 0 Å². The van der Waals surface area contributed by atoms with Crippen molar-refractivity contribution in [1.82, 2.24) is 5.32 Å². The van der Waals surface area contributed by atoms with Gasteiger partial charge < -0.3 is 10.1 Å². The molecule has 0 unspecified atom stereocenters. The SMILES string of the molecule is CCOC(=O)NC(=O)c1c(NC(=O)c2ccccc2SCC)sc2c1CCCCC2. The van der Waals surface area contributed by atoms with Gasteiger partial charge in [-0.15, -0.1) is 23.1 Å². The van der Waals surface area contributed by atoms with E-state index in [9.17, 15) is 14.4 Å². The number of hydrogen-bond donors (Lipinski definition) is 2. The van der Waals surface area contributed by atoms with Crippen molar-refractivity contribution in [3.05, 3.63) is 45.8 Å². The highest BCUT2D eigenvalue weighted by Gasteiger charge is 2.27. The third-order valence-electron chi connectivity index (χ3n) is 4.80. The Balaban J connectivity index is 1.93. The molecule has 0 saturated heterocycles. The van der Waals surface area contributed by atoms with E-state index in [2.05, 4.69) is 10.6 Å². The molecule has 1 aliphatic carbocycles. The van der Waals surface area contributed by atoms with Gasteiger partial charge in [0.15, 0.2) is 0 Å². The van der Waals surface area contributed by atoms with Gasteiger partial charge in [-0.05, 0) is 56.1 Å². The average molecular weight is 447 g/mol. The Labute approximate surface area is 184 Å². The standard InChI is InChI=1S/C22H26N2O4S2/c1-3-28-22(27)24-20(26)18-14-10-6-5-7-13-17(14)30-21(18)23-19(25)15-11-8-9-12-16(15)29-4-2/h8-9,11-12H,3-7,10,13H2,1-2H3,(H,23,25)(H,24,26,27). The maximum atomic E-state index is 13.0. The lowest BCUT2D eigenvalue weighted by atomic mass is 10.0. The molecule has 160 valence electrons. The summed E-state index contributed by atoms with van der Waals surface area (Å²) in [6.07, 6.45) is 3.98. The van der Waals surface area contributed by atoms with Crippen LogP contribution in [0.3, 0.4) is 0 Å². The van der Waals surface area contributed by atoms with E-state index in [0.29, 0.717) is 16.1 Å². The average Bonchev–Trinajstić information content (AvgIpc) is 2.89. The maximum absolute atomic E-state index is 13.0. The Hall–Kier alpha value is -2.32. The number of anilines is 1. The number of alkyl carbamates (subject to hydrolysis) is 1. The molecule has 1 heterocycles. The third-order valence-corrected chi connectivity index (χ3v) is 6.96. The number of fused-ring (bicyclic) bond motifs is 1. The van der Waals surface area contributed by atoms with E-state index < -0.39 is 12.0 Å². The number of imide groups is 1. The summed E-state index contributed by atoms with van der Waals surface area (Å²) in [4.78, 5) is 39.8. The van der Waals surface area contributed by atoms with Crippen LogP contribution >= 0.6 is 23.1 Å². The first-order valence-corrected chi connectivity index (χ1v) is 12.0. The molecule has 6 nitrogen and oxygen atoms in total. The molecule has 1 aromatic heterocycles. The monoisotopic (exact) mass is 446 g/mol. The number of thiophene rings is 1. The maximum Gasteiger partial charge on any atom is 0.414 e. The number of ether oxygens (including phenoxy) is 1. The normalized spacial score (nSPS) is 13.1. The molecule has 0 saturated carbocycles. The summed E-state index contributed by atoms with van der Waals surface area (Å²) in [7, 11) is 0. The van der Waals surface area contributed by atoms with E-state index in [-0.39, 0.29) is 12.5 Å². The van der Waals surface area contributed by atoms with Crippen molar-refractivity contribution >= 4 is 46.0 Å². The lowest BCUT2D eigenvalue weighted by molar-refractivity contribution is 0.0925. The van der Waals surface area contributed by atoms with Crippen LogP contribution in [0.25, 0.3) is 0 Å². The van der Waals surface area contributed by atoms with E-state index in [4.69, 9.17) is 4.74 Å².